The second-order valence-corrected chi connectivity index (χ2v) is 23.9. The fourth-order valence-corrected chi connectivity index (χ4v) is 16.0. The zero-order valence-corrected chi connectivity index (χ0v) is 39.5. The first-order valence-electron chi connectivity index (χ1n) is 23.4. The first kappa shape index (κ1) is 47.8. The fraction of sp³-hybridized carbons (Fsp3) is 0.700. The van der Waals surface area contributed by atoms with Gasteiger partial charge in [-0.3, -0.25) is 14.9 Å². The number of nitro benzene ring substituents is 1. The van der Waals surface area contributed by atoms with Gasteiger partial charge in [0.25, 0.3) is 5.69 Å². The van der Waals surface area contributed by atoms with Crippen LogP contribution in [-0.2, 0) is 21.2 Å². The molecule has 5 N–H and O–H groups in total. The summed E-state index contributed by atoms with van der Waals surface area (Å²) in [7, 11) is -4.19. The molecule has 14 atom stereocenters. The quantitative estimate of drug-likeness (QED) is 0.0781. The average molecular weight is 892 g/mol. The summed E-state index contributed by atoms with van der Waals surface area (Å²) in [6, 6.07) is 13.6. The van der Waals surface area contributed by atoms with E-state index in [0.717, 1.165) is 49.8 Å². The Morgan fingerprint density at radius 1 is 0.937 bits per heavy atom. The number of hydrogen-bond acceptors (Lipinski definition) is 9. The zero-order chi connectivity index (χ0) is 46.1. The van der Waals surface area contributed by atoms with Gasteiger partial charge in [0.1, 0.15) is 0 Å². The first-order chi connectivity index (χ1) is 29.5. The molecule has 0 radical (unpaired) electrons. The van der Waals surface area contributed by atoms with Crippen LogP contribution in [0.2, 0.25) is 0 Å². The van der Waals surface area contributed by atoms with Crippen LogP contribution in [0.5, 0.6) is 0 Å². The van der Waals surface area contributed by atoms with Crippen LogP contribution < -0.4 is 5.32 Å². The minimum absolute atomic E-state index is 0.0423. The standard InChI is InChI=1S/C50H73N3O9S/c1-31(2)28-52(63(61,62)36-16-14-35(15-17-36)53(59)60)29-40(56)38(26-34-12-10-9-11-13-34)51-45(58)50-23-20-32(3)33(4)43(50)37-18-19-42-46(5)27-39(55)44(57)47(6,30-54)41(46)21-22-49(42,8)48(37,7)24-25-50/h9-18,31-33,38-44,54-57H,19-30H2,1-8H3,(H,51,58)/t32-,33+,38+,39-,40-,41-,42-,43+,44+,46+,47+,48-,49-,50+/m1/s1. The number of allylic oxidation sites excluding steroid dienone is 2. The molecule has 5 aliphatic rings. The minimum Gasteiger partial charge on any atom is -0.396 e. The Morgan fingerprint density at radius 3 is 2.22 bits per heavy atom. The number of hydrogen-bond donors (Lipinski definition) is 5. The molecule has 0 heterocycles. The molecule has 13 heteroatoms. The fourth-order valence-electron chi connectivity index (χ4n) is 14.4. The van der Waals surface area contributed by atoms with E-state index in [2.05, 4.69) is 46.0 Å². The Kier molecular flexibility index (Phi) is 13.1. The van der Waals surface area contributed by atoms with E-state index in [1.807, 2.05) is 51.1 Å². The predicted molar refractivity (Wildman–Crippen MR) is 243 cm³/mol. The number of carbonyl (C=O) groups is 1. The number of carbonyl (C=O) groups excluding carboxylic acids is 1. The maximum Gasteiger partial charge on any atom is 0.269 e. The normalized spacial score (nSPS) is 38.6. The van der Waals surface area contributed by atoms with Crippen molar-refractivity contribution in [1.29, 1.82) is 0 Å². The summed E-state index contributed by atoms with van der Waals surface area (Å²) in [5, 5.41) is 60.3. The van der Waals surface area contributed by atoms with Crippen LogP contribution in [0.1, 0.15) is 112 Å². The summed E-state index contributed by atoms with van der Waals surface area (Å²) in [4.78, 5) is 26.2. The Balaban J connectivity index is 1.23. The number of nitrogens with zero attached hydrogens (tertiary/aromatic N) is 2. The smallest absolute Gasteiger partial charge is 0.269 e. The van der Waals surface area contributed by atoms with E-state index in [0.29, 0.717) is 25.2 Å². The molecule has 1 amide bonds. The lowest BCUT2D eigenvalue weighted by molar-refractivity contribution is -0.384. The molecule has 4 fully saturated rings. The van der Waals surface area contributed by atoms with E-state index >= 15 is 4.79 Å². The Bertz CT molecular complexity index is 2150. The third kappa shape index (κ3) is 7.82. The van der Waals surface area contributed by atoms with Crippen molar-refractivity contribution in [2.45, 2.75) is 142 Å². The summed E-state index contributed by atoms with van der Waals surface area (Å²) in [6.07, 6.45) is 5.57. The number of benzene rings is 2. The number of non-ortho nitro benzene ring substituents is 1. The number of nitro groups is 1. The number of sulfonamides is 1. The maximum atomic E-state index is 15.5. The Morgan fingerprint density at radius 2 is 1.60 bits per heavy atom. The molecule has 2 aromatic carbocycles. The van der Waals surface area contributed by atoms with Crippen LogP contribution >= 0.6 is 0 Å². The summed E-state index contributed by atoms with van der Waals surface area (Å²) >= 11 is 0. The summed E-state index contributed by atoms with van der Waals surface area (Å²) in [5.74, 6) is 0.542. The summed E-state index contributed by atoms with van der Waals surface area (Å²) < 4.78 is 29.6. The third-order valence-electron chi connectivity index (χ3n) is 18.3. The van der Waals surface area contributed by atoms with Gasteiger partial charge in [-0.25, -0.2) is 8.42 Å². The van der Waals surface area contributed by atoms with Gasteiger partial charge >= 0.3 is 0 Å². The molecule has 0 unspecified atom stereocenters. The first-order valence-corrected chi connectivity index (χ1v) is 24.9. The Hall–Kier alpha value is -3.20. The van der Waals surface area contributed by atoms with Crippen LogP contribution in [0.25, 0.3) is 0 Å². The molecule has 7 rings (SSSR count). The Labute approximate surface area is 375 Å². The van der Waals surface area contributed by atoms with E-state index in [-0.39, 0.29) is 88.4 Å². The highest BCUT2D eigenvalue weighted by atomic mass is 32.2. The molecule has 0 bridgehead atoms. The highest BCUT2D eigenvalue weighted by molar-refractivity contribution is 7.89. The lowest BCUT2D eigenvalue weighted by Gasteiger charge is -2.72. The highest BCUT2D eigenvalue weighted by Crippen LogP contribution is 2.75. The number of amides is 1. The molecule has 5 aliphatic carbocycles. The van der Waals surface area contributed by atoms with E-state index in [1.165, 1.54) is 22.0 Å². The van der Waals surface area contributed by atoms with Crippen LogP contribution in [0.4, 0.5) is 5.69 Å². The molecule has 0 aliphatic heterocycles. The van der Waals surface area contributed by atoms with Gasteiger partial charge in [-0.2, -0.15) is 4.31 Å². The topological polar surface area (TPSA) is 191 Å². The molecular weight excluding hydrogens is 819 g/mol. The lowest BCUT2D eigenvalue weighted by Crippen LogP contribution is -2.68. The maximum absolute atomic E-state index is 15.5. The van der Waals surface area contributed by atoms with Crippen LogP contribution in [-0.4, -0.2) is 88.0 Å². The van der Waals surface area contributed by atoms with E-state index in [4.69, 9.17) is 0 Å². The van der Waals surface area contributed by atoms with Crippen LogP contribution in [0, 0.1) is 72.7 Å². The van der Waals surface area contributed by atoms with E-state index in [1.54, 1.807) is 0 Å². The molecular formula is C50H73N3O9S. The molecule has 63 heavy (non-hydrogen) atoms. The van der Waals surface area contributed by atoms with Crippen molar-refractivity contribution in [1.82, 2.24) is 9.62 Å². The van der Waals surface area contributed by atoms with Crippen molar-refractivity contribution < 1.29 is 38.6 Å². The largest absolute Gasteiger partial charge is 0.396 e. The van der Waals surface area contributed by atoms with Gasteiger partial charge in [0.2, 0.25) is 15.9 Å². The van der Waals surface area contributed by atoms with E-state index < -0.39 is 50.1 Å². The second-order valence-electron chi connectivity index (χ2n) is 22.0. The number of nitrogens with one attached hydrogen (secondary N) is 1. The summed E-state index contributed by atoms with van der Waals surface area (Å²) in [5.41, 5.74) is -0.270. The summed E-state index contributed by atoms with van der Waals surface area (Å²) in [6.45, 7) is 17.1. The second kappa shape index (κ2) is 17.2. The SMILES string of the molecule is CC(C)CN(C[C@@H](O)[C@H](Cc1ccccc1)NC(=O)[C@]12CC[C@@H](C)[C@H](C)[C@H]1C1=CC[C@@H]3[C@@]4(C)C[C@@H](O)[C@H](O)[C@@](C)(CO)[C@@H]4CC[C@@]3(C)[C@]1(C)CC2)S(=O)(=O)c1ccc([N+](=O)[O-])cc1. The average Bonchev–Trinajstić information content (AvgIpc) is 3.24. The zero-order valence-electron chi connectivity index (χ0n) is 38.7. The number of fused-ring (bicyclic) bond motifs is 7. The monoisotopic (exact) mass is 892 g/mol. The molecule has 2 aromatic rings. The van der Waals surface area contributed by atoms with Crippen molar-refractivity contribution in [3.8, 4) is 0 Å². The van der Waals surface area contributed by atoms with E-state index in [9.17, 15) is 39.0 Å². The lowest BCUT2D eigenvalue weighted by atomic mass is 9.33. The van der Waals surface area contributed by atoms with Crippen LogP contribution in [0.15, 0.2) is 71.1 Å². The van der Waals surface area contributed by atoms with Crippen LogP contribution in [0.3, 0.4) is 0 Å². The van der Waals surface area contributed by atoms with Gasteiger partial charge in [-0.05, 0) is 127 Å². The molecule has 4 saturated carbocycles. The van der Waals surface area contributed by atoms with Crippen molar-refractivity contribution >= 4 is 21.6 Å². The van der Waals surface area contributed by atoms with Crippen molar-refractivity contribution in [2.75, 3.05) is 19.7 Å². The van der Waals surface area contributed by atoms with Gasteiger partial charge in [-0.1, -0.05) is 97.4 Å². The van der Waals surface area contributed by atoms with Gasteiger partial charge < -0.3 is 25.7 Å². The molecule has 0 aromatic heterocycles. The molecule has 12 nitrogen and oxygen atoms in total. The third-order valence-corrected chi connectivity index (χ3v) is 20.1. The number of aliphatic hydroxyl groups excluding tert-OH is 4. The van der Waals surface area contributed by atoms with Gasteiger partial charge in [0.05, 0.1) is 46.2 Å². The number of aliphatic hydroxyl groups is 4. The van der Waals surface area contributed by atoms with Crippen molar-refractivity contribution in [2.24, 2.45) is 62.6 Å². The number of rotatable bonds is 13. The predicted octanol–water partition coefficient (Wildman–Crippen LogP) is 7.29. The molecule has 0 spiro atoms. The molecule has 348 valence electrons. The van der Waals surface area contributed by atoms with Gasteiger partial charge in [0.15, 0.2) is 0 Å². The molecule has 0 saturated heterocycles. The minimum atomic E-state index is -4.19. The van der Waals surface area contributed by atoms with Gasteiger partial charge in [0, 0.05) is 30.6 Å². The highest BCUT2D eigenvalue weighted by Gasteiger charge is 2.70. The van der Waals surface area contributed by atoms with Crippen molar-refractivity contribution in [3.05, 3.63) is 81.9 Å². The van der Waals surface area contributed by atoms with Crippen molar-refractivity contribution in [3.63, 3.8) is 0 Å². The van der Waals surface area contributed by atoms with Gasteiger partial charge in [-0.15, -0.1) is 0 Å².